The Morgan fingerprint density at radius 1 is 1.16 bits per heavy atom. The second-order valence-electron chi connectivity index (χ2n) is 4.99. The molecule has 0 saturated heterocycles. The van der Waals surface area contributed by atoms with Gasteiger partial charge in [0.1, 0.15) is 11.5 Å². The Morgan fingerprint density at radius 3 is 2.52 bits per heavy atom. The largest absolute Gasteiger partial charge is 0.494 e. The van der Waals surface area contributed by atoms with Gasteiger partial charge in [0.25, 0.3) is 11.8 Å². The molecule has 0 spiro atoms. The summed E-state index contributed by atoms with van der Waals surface area (Å²) in [6, 6.07) is 10.7. The number of carbonyl (C=O) groups is 2. The summed E-state index contributed by atoms with van der Waals surface area (Å²) in [7, 11) is 0. The van der Waals surface area contributed by atoms with Crippen LogP contribution in [0, 0.1) is 0 Å². The van der Waals surface area contributed by atoms with Crippen molar-refractivity contribution >= 4 is 29.2 Å². The van der Waals surface area contributed by atoms with Gasteiger partial charge in [0, 0.05) is 11.0 Å². The molecule has 1 atom stereocenters. The van der Waals surface area contributed by atoms with Gasteiger partial charge in [-0.05, 0) is 55.6 Å². The van der Waals surface area contributed by atoms with E-state index in [4.69, 9.17) is 9.47 Å². The quantitative estimate of drug-likeness (QED) is 0.588. The molecule has 6 nitrogen and oxygen atoms in total. The fourth-order valence-electron chi connectivity index (χ4n) is 1.85. The number of nitrogens with one attached hydrogen (secondary N) is 2. The van der Waals surface area contributed by atoms with Gasteiger partial charge in [0.2, 0.25) is 0 Å². The average molecular weight is 360 g/mol. The minimum absolute atomic E-state index is 0.421. The zero-order valence-electron chi connectivity index (χ0n) is 14.0. The van der Waals surface area contributed by atoms with E-state index in [0.717, 1.165) is 10.6 Å². The van der Waals surface area contributed by atoms with Crippen molar-refractivity contribution in [2.75, 3.05) is 6.61 Å². The lowest BCUT2D eigenvalue weighted by atomic mass is 10.3. The first-order chi connectivity index (χ1) is 12.1. The molecule has 0 bridgehead atoms. The Morgan fingerprint density at radius 2 is 1.88 bits per heavy atom. The number of thiophene rings is 1. The van der Waals surface area contributed by atoms with Gasteiger partial charge in [-0.2, -0.15) is 0 Å². The summed E-state index contributed by atoms with van der Waals surface area (Å²) < 4.78 is 10.9. The number of hydrazine groups is 1. The zero-order valence-corrected chi connectivity index (χ0v) is 14.8. The standard InChI is InChI=1S/C18H20N2O4S/c1-3-23-14-6-8-15(9-7-14)24-13(2)18(22)20-19-17(21)11-10-16-5-4-12-25-16/h4-13H,3H2,1-2H3,(H,19,21)(H,20,22)/b11-10+/t13-/m0/s1. The molecule has 132 valence electrons. The predicted molar refractivity (Wildman–Crippen MR) is 97.3 cm³/mol. The molecule has 0 unspecified atom stereocenters. The molecule has 2 rings (SSSR count). The van der Waals surface area contributed by atoms with E-state index in [1.165, 1.54) is 17.4 Å². The van der Waals surface area contributed by atoms with Gasteiger partial charge in [0.05, 0.1) is 6.61 Å². The monoisotopic (exact) mass is 360 g/mol. The fraction of sp³-hybridized carbons (Fsp3) is 0.222. The number of carbonyl (C=O) groups excluding carboxylic acids is 2. The van der Waals surface area contributed by atoms with Crippen molar-refractivity contribution in [2.45, 2.75) is 20.0 Å². The van der Waals surface area contributed by atoms with Gasteiger partial charge in [-0.1, -0.05) is 6.07 Å². The van der Waals surface area contributed by atoms with Gasteiger partial charge in [-0.3, -0.25) is 20.4 Å². The first-order valence-electron chi connectivity index (χ1n) is 7.79. The molecule has 0 saturated carbocycles. The normalized spacial score (nSPS) is 11.8. The Hall–Kier alpha value is -2.80. The Bertz CT molecular complexity index is 711. The van der Waals surface area contributed by atoms with E-state index in [9.17, 15) is 9.59 Å². The number of ether oxygens (including phenoxy) is 2. The maximum Gasteiger partial charge on any atom is 0.279 e. The van der Waals surface area contributed by atoms with Crippen molar-refractivity contribution in [2.24, 2.45) is 0 Å². The van der Waals surface area contributed by atoms with Crippen LogP contribution in [0.25, 0.3) is 6.08 Å². The zero-order chi connectivity index (χ0) is 18.1. The van der Waals surface area contributed by atoms with Crippen LogP contribution in [0.2, 0.25) is 0 Å². The molecule has 0 aliphatic rings. The van der Waals surface area contributed by atoms with E-state index in [1.54, 1.807) is 37.3 Å². The van der Waals surface area contributed by atoms with Crippen LogP contribution >= 0.6 is 11.3 Å². The number of benzene rings is 1. The summed E-state index contributed by atoms with van der Waals surface area (Å²) in [5.74, 6) is 0.397. The van der Waals surface area contributed by atoms with E-state index >= 15 is 0 Å². The molecule has 0 fully saturated rings. The summed E-state index contributed by atoms with van der Waals surface area (Å²) >= 11 is 1.52. The molecule has 2 N–H and O–H groups in total. The highest BCUT2D eigenvalue weighted by Gasteiger charge is 2.15. The van der Waals surface area contributed by atoms with Crippen molar-refractivity contribution in [1.29, 1.82) is 0 Å². The van der Waals surface area contributed by atoms with E-state index in [-0.39, 0.29) is 0 Å². The maximum absolute atomic E-state index is 12.0. The molecule has 0 radical (unpaired) electrons. The topological polar surface area (TPSA) is 76.7 Å². The van der Waals surface area contributed by atoms with Crippen molar-refractivity contribution in [3.8, 4) is 11.5 Å². The third-order valence-corrected chi connectivity index (χ3v) is 3.91. The third kappa shape index (κ3) is 6.31. The van der Waals surface area contributed by atoms with E-state index in [2.05, 4.69) is 10.9 Å². The van der Waals surface area contributed by atoms with Crippen LogP contribution in [-0.2, 0) is 9.59 Å². The maximum atomic E-state index is 12.0. The predicted octanol–water partition coefficient (Wildman–Crippen LogP) is 2.77. The summed E-state index contributed by atoms with van der Waals surface area (Å²) in [4.78, 5) is 24.6. The van der Waals surface area contributed by atoms with Crippen molar-refractivity contribution in [3.63, 3.8) is 0 Å². The SMILES string of the molecule is CCOc1ccc(O[C@@H](C)C(=O)NNC(=O)/C=C/c2cccs2)cc1. The van der Waals surface area contributed by atoms with Gasteiger partial charge in [-0.25, -0.2) is 0 Å². The number of rotatable bonds is 7. The highest BCUT2D eigenvalue weighted by molar-refractivity contribution is 7.10. The molecule has 25 heavy (non-hydrogen) atoms. The Kier molecular flexibility index (Phi) is 7.03. The van der Waals surface area contributed by atoms with Crippen molar-refractivity contribution in [1.82, 2.24) is 10.9 Å². The van der Waals surface area contributed by atoms with E-state index < -0.39 is 17.9 Å². The molecular formula is C18H20N2O4S. The Labute approximate surface area is 150 Å². The minimum atomic E-state index is -0.764. The van der Waals surface area contributed by atoms with Gasteiger partial charge < -0.3 is 9.47 Å². The molecule has 1 aromatic carbocycles. The van der Waals surface area contributed by atoms with Crippen molar-refractivity contribution in [3.05, 3.63) is 52.7 Å². The first-order valence-corrected chi connectivity index (χ1v) is 8.67. The second-order valence-corrected chi connectivity index (χ2v) is 5.97. The molecule has 2 amide bonds. The van der Waals surface area contributed by atoms with E-state index in [1.807, 2.05) is 24.4 Å². The highest BCUT2D eigenvalue weighted by atomic mass is 32.1. The lowest BCUT2D eigenvalue weighted by Gasteiger charge is -2.15. The fourth-order valence-corrected chi connectivity index (χ4v) is 2.47. The molecule has 0 aliphatic carbocycles. The number of amides is 2. The summed E-state index contributed by atoms with van der Waals surface area (Å²) in [6.07, 6.45) is 2.26. The average Bonchev–Trinajstić information content (AvgIpc) is 3.13. The Balaban J connectivity index is 1.76. The highest BCUT2D eigenvalue weighted by Crippen LogP contribution is 2.18. The number of hydrogen-bond donors (Lipinski definition) is 2. The van der Waals surface area contributed by atoms with Gasteiger partial charge in [-0.15, -0.1) is 11.3 Å². The summed E-state index contributed by atoms with van der Waals surface area (Å²) in [5.41, 5.74) is 4.64. The second kappa shape index (κ2) is 9.48. The lowest BCUT2D eigenvalue weighted by molar-refractivity contribution is -0.131. The van der Waals surface area contributed by atoms with Gasteiger partial charge >= 0.3 is 0 Å². The van der Waals surface area contributed by atoms with Crippen LogP contribution < -0.4 is 20.3 Å². The van der Waals surface area contributed by atoms with Crippen LogP contribution in [0.15, 0.2) is 47.9 Å². The summed E-state index contributed by atoms with van der Waals surface area (Å²) in [6.45, 7) is 4.08. The number of hydrogen-bond acceptors (Lipinski definition) is 5. The van der Waals surface area contributed by atoms with Crippen LogP contribution in [0.5, 0.6) is 11.5 Å². The van der Waals surface area contributed by atoms with Crippen molar-refractivity contribution < 1.29 is 19.1 Å². The minimum Gasteiger partial charge on any atom is -0.494 e. The van der Waals surface area contributed by atoms with Crippen LogP contribution in [0.3, 0.4) is 0 Å². The van der Waals surface area contributed by atoms with Crippen LogP contribution in [-0.4, -0.2) is 24.5 Å². The smallest absolute Gasteiger partial charge is 0.279 e. The molecule has 1 heterocycles. The first kappa shape index (κ1) is 18.5. The van der Waals surface area contributed by atoms with E-state index in [0.29, 0.717) is 12.4 Å². The lowest BCUT2D eigenvalue weighted by Crippen LogP contribution is -2.46. The molecule has 0 aliphatic heterocycles. The summed E-state index contributed by atoms with van der Waals surface area (Å²) in [5, 5.41) is 1.92. The molecule has 2 aromatic rings. The van der Waals surface area contributed by atoms with Gasteiger partial charge in [0.15, 0.2) is 6.10 Å². The third-order valence-electron chi connectivity index (χ3n) is 3.07. The molecule has 1 aromatic heterocycles. The molecular weight excluding hydrogens is 340 g/mol. The van der Waals surface area contributed by atoms with Crippen LogP contribution in [0.4, 0.5) is 0 Å². The van der Waals surface area contributed by atoms with Crippen LogP contribution in [0.1, 0.15) is 18.7 Å². The molecule has 7 heteroatoms.